The highest BCUT2D eigenvalue weighted by Crippen LogP contribution is 2.25. The van der Waals surface area contributed by atoms with Crippen LogP contribution in [0.3, 0.4) is 0 Å². The monoisotopic (exact) mass is 402 g/mol. The third-order valence-corrected chi connectivity index (χ3v) is 6.19. The Kier molecular flexibility index (Phi) is 9.33. The zero-order chi connectivity index (χ0) is 20.5. The van der Waals surface area contributed by atoms with Crippen molar-refractivity contribution in [1.29, 1.82) is 0 Å². The van der Waals surface area contributed by atoms with Gasteiger partial charge in [0.1, 0.15) is 11.9 Å². The number of hydrogen-bond donors (Lipinski definition) is 0. The molecule has 0 bridgehead atoms. The molecule has 2 nitrogen and oxygen atoms in total. The Morgan fingerprint density at radius 2 is 1.63 bits per heavy atom. The maximum absolute atomic E-state index is 6.21. The average molecular weight is 403 g/mol. The van der Waals surface area contributed by atoms with Gasteiger partial charge in [0.15, 0.2) is 0 Å². The molecular formula is C23H38O2Si2. The largest absolute Gasteiger partial charge is 0.544 e. The maximum Gasteiger partial charge on any atom is 0.242 e. The molecule has 1 aromatic rings. The van der Waals surface area contributed by atoms with E-state index in [9.17, 15) is 0 Å². The minimum atomic E-state index is -1.64. The quantitative estimate of drug-likeness (QED) is 0.173. The van der Waals surface area contributed by atoms with E-state index in [1.165, 1.54) is 11.6 Å². The van der Waals surface area contributed by atoms with E-state index < -0.39 is 16.4 Å². The van der Waals surface area contributed by atoms with E-state index in [0.29, 0.717) is 0 Å². The molecule has 27 heavy (non-hydrogen) atoms. The smallest absolute Gasteiger partial charge is 0.242 e. The second kappa shape index (κ2) is 10.7. The maximum atomic E-state index is 6.21. The van der Waals surface area contributed by atoms with Crippen molar-refractivity contribution in [3.63, 3.8) is 0 Å². The molecule has 0 N–H and O–H groups in total. The molecule has 1 rings (SSSR count). The normalized spacial score (nSPS) is 15.1. The van der Waals surface area contributed by atoms with Crippen molar-refractivity contribution in [3.05, 3.63) is 71.7 Å². The predicted molar refractivity (Wildman–Crippen MR) is 124 cm³/mol. The van der Waals surface area contributed by atoms with Crippen molar-refractivity contribution in [2.45, 2.75) is 71.7 Å². The lowest BCUT2D eigenvalue weighted by molar-refractivity contribution is 0.146. The molecule has 0 saturated heterocycles. The Bertz CT molecular complexity index is 647. The Hall–Kier alpha value is -1.53. The van der Waals surface area contributed by atoms with Gasteiger partial charge >= 0.3 is 0 Å². The van der Waals surface area contributed by atoms with E-state index in [4.69, 9.17) is 9.16 Å². The first kappa shape index (κ1) is 23.5. The fraction of sp³-hybridized carbons (Fsp3) is 0.478. The van der Waals surface area contributed by atoms with Crippen LogP contribution in [0.1, 0.15) is 31.9 Å². The molecule has 0 aromatic heterocycles. The number of hydrogen-bond acceptors (Lipinski definition) is 2. The molecule has 0 fully saturated rings. The van der Waals surface area contributed by atoms with Crippen LogP contribution in [0, 0.1) is 0 Å². The summed E-state index contributed by atoms with van der Waals surface area (Å²) in [5, 5.41) is 0. The Balaban J connectivity index is 2.88. The van der Waals surface area contributed by atoms with Gasteiger partial charge in [-0.05, 0) is 51.2 Å². The van der Waals surface area contributed by atoms with Crippen LogP contribution in [0.25, 0.3) is 0 Å². The molecule has 0 heterocycles. The zero-order valence-electron chi connectivity index (χ0n) is 18.5. The predicted octanol–water partition coefficient (Wildman–Crippen LogP) is 7.69. The summed E-state index contributed by atoms with van der Waals surface area (Å²) < 4.78 is 12.4. The summed E-state index contributed by atoms with van der Waals surface area (Å²) in [6, 6.07) is 11.7. The van der Waals surface area contributed by atoms with Gasteiger partial charge in [-0.15, -0.1) is 0 Å². The highest BCUT2D eigenvalue weighted by Gasteiger charge is 2.18. The van der Waals surface area contributed by atoms with Gasteiger partial charge in [0.2, 0.25) is 8.32 Å². The van der Waals surface area contributed by atoms with Gasteiger partial charge in [0, 0.05) is 20.1 Å². The molecule has 0 aliphatic heterocycles. The minimum absolute atomic E-state index is 0.0176. The highest BCUT2D eigenvalue weighted by molar-refractivity contribution is 6.76. The molecule has 4 heteroatoms. The molecule has 0 aliphatic carbocycles. The van der Waals surface area contributed by atoms with Crippen LogP contribution in [-0.4, -0.2) is 16.4 Å². The van der Waals surface area contributed by atoms with Crippen LogP contribution in [0.4, 0.5) is 0 Å². The van der Waals surface area contributed by atoms with Gasteiger partial charge in [-0.25, -0.2) is 0 Å². The van der Waals surface area contributed by atoms with Gasteiger partial charge in [-0.2, -0.15) is 0 Å². The van der Waals surface area contributed by atoms with Gasteiger partial charge in [-0.1, -0.05) is 62.1 Å². The van der Waals surface area contributed by atoms with Crippen LogP contribution >= 0.6 is 0 Å². The summed E-state index contributed by atoms with van der Waals surface area (Å²) in [5.74, 6) is 0.926. The van der Waals surface area contributed by atoms with E-state index in [1.54, 1.807) is 0 Å². The zero-order valence-corrected chi connectivity index (χ0v) is 20.5. The fourth-order valence-corrected chi connectivity index (χ4v) is 4.35. The lowest BCUT2D eigenvalue weighted by Gasteiger charge is -2.23. The van der Waals surface area contributed by atoms with Crippen molar-refractivity contribution in [1.82, 2.24) is 0 Å². The van der Waals surface area contributed by atoms with Crippen LogP contribution in [-0.2, 0) is 9.16 Å². The fourth-order valence-electron chi connectivity index (χ4n) is 2.53. The van der Waals surface area contributed by atoms with Gasteiger partial charge < -0.3 is 9.16 Å². The molecule has 1 unspecified atom stereocenters. The Morgan fingerprint density at radius 1 is 1.00 bits per heavy atom. The topological polar surface area (TPSA) is 18.5 Å². The van der Waals surface area contributed by atoms with Crippen LogP contribution in [0.2, 0.25) is 45.3 Å². The van der Waals surface area contributed by atoms with Crippen LogP contribution in [0.15, 0.2) is 66.2 Å². The lowest BCUT2D eigenvalue weighted by Crippen LogP contribution is -2.25. The summed E-state index contributed by atoms with van der Waals surface area (Å²) in [7, 11) is -2.69. The van der Waals surface area contributed by atoms with Gasteiger partial charge in [0.25, 0.3) is 0 Å². The van der Waals surface area contributed by atoms with Crippen LogP contribution in [0.5, 0.6) is 0 Å². The van der Waals surface area contributed by atoms with E-state index in [0.717, 1.165) is 17.8 Å². The van der Waals surface area contributed by atoms with Crippen molar-refractivity contribution >= 4 is 16.4 Å². The van der Waals surface area contributed by atoms with Crippen LogP contribution < -0.4 is 0 Å². The van der Waals surface area contributed by atoms with Crippen molar-refractivity contribution in [3.8, 4) is 0 Å². The van der Waals surface area contributed by atoms with Crippen molar-refractivity contribution in [2.75, 3.05) is 0 Å². The molecule has 0 amide bonds. The van der Waals surface area contributed by atoms with Crippen molar-refractivity contribution < 1.29 is 9.16 Å². The summed E-state index contributed by atoms with van der Waals surface area (Å²) in [5.41, 5.74) is 2.24. The molecule has 0 spiro atoms. The minimum Gasteiger partial charge on any atom is -0.544 e. The number of benzene rings is 1. The molecular weight excluding hydrogens is 364 g/mol. The number of rotatable bonds is 10. The molecule has 1 atom stereocenters. The molecule has 0 radical (unpaired) electrons. The lowest BCUT2D eigenvalue weighted by atomic mass is 10.1. The van der Waals surface area contributed by atoms with E-state index in [2.05, 4.69) is 82.6 Å². The van der Waals surface area contributed by atoms with Gasteiger partial charge in [-0.3, -0.25) is 0 Å². The van der Waals surface area contributed by atoms with E-state index >= 15 is 0 Å². The summed E-state index contributed by atoms with van der Waals surface area (Å²) in [6.07, 6.45) is 9.38. The molecule has 0 saturated carbocycles. The first-order chi connectivity index (χ1) is 12.5. The average Bonchev–Trinajstić information content (AvgIpc) is 2.57. The number of ether oxygens (including phenoxy) is 1. The van der Waals surface area contributed by atoms with Crippen molar-refractivity contribution in [2.24, 2.45) is 0 Å². The third-order valence-electron chi connectivity index (χ3n) is 3.89. The SMILES string of the molecule is C/C=C(O[Si](C)(C)C)/C(C)=C/OC(C/C=C\C[Si](C)(C)C)c1ccccc1. The summed E-state index contributed by atoms with van der Waals surface area (Å²) >= 11 is 0. The standard InChI is InChI=1S/C23H38O2Si2/c1-9-22(25-27(6,7)8)20(2)19-24-23(21-15-11-10-12-16-21)17-13-14-18-26(3,4)5/h9-16,19,23H,17-18H2,1-8H3/b14-13-,20-19+,22-9-. The summed E-state index contributed by atoms with van der Waals surface area (Å²) in [4.78, 5) is 0. The molecule has 0 aliphatic rings. The summed E-state index contributed by atoms with van der Waals surface area (Å²) in [6.45, 7) is 17.8. The Labute approximate surface area is 169 Å². The van der Waals surface area contributed by atoms with E-state index in [-0.39, 0.29) is 6.10 Å². The number of allylic oxidation sites excluding steroid dienone is 3. The first-order valence-corrected chi connectivity index (χ1v) is 17.0. The third kappa shape index (κ3) is 10.4. The Morgan fingerprint density at radius 3 is 2.15 bits per heavy atom. The van der Waals surface area contributed by atoms with E-state index in [1.807, 2.05) is 25.3 Å². The van der Waals surface area contributed by atoms with Gasteiger partial charge in [0.05, 0.1) is 6.26 Å². The second-order valence-corrected chi connectivity index (χ2v) is 19.1. The molecule has 150 valence electrons. The first-order valence-electron chi connectivity index (χ1n) is 9.90. The second-order valence-electron chi connectivity index (χ2n) is 9.18. The highest BCUT2D eigenvalue weighted by atomic mass is 28.4. The molecule has 1 aromatic carbocycles.